The molecule has 0 aliphatic rings. The summed E-state index contributed by atoms with van der Waals surface area (Å²) in [6, 6.07) is 0. The molecular formula is C8H15NO3. The molecule has 0 saturated heterocycles. The molecule has 0 heterocycles. The van der Waals surface area contributed by atoms with Crippen LogP contribution in [0.15, 0.2) is 0 Å². The number of ether oxygens (including phenoxy) is 1. The lowest BCUT2D eigenvalue weighted by molar-refractivity contribution is -0.114. The van der Waals surface area contributed by atoms with Gasteiger partial charge in [-0.15, -0.1) is 0 Å². The minimum Gasteiger partial charge on any atom is -0.439 e. The molecule has 0 rings (SSSR count). The van der Waals surface area contributed by atoms with Gasteiger partial charge in [-0.25, -0.2) is 4.79 Å². The molecule has 4 nitrogen and oxygen atoms in total. The van der Waals surface area contributed by atoms with Gasteiger partial charge in [-0.05, 0) is 27.7 Å². The number of carbonyl (C=O) groups excluding carboxylic acids is 2. The molecule has 70 valence electrons. The van der Waals surface area contributed by atoms with E-state index in [-0.39, 0.29) is 5.54 Å². The third-order valence-electron chi connectivity index (χ3n) is 0.962. The van der Waals surface area contributed by atoms with E-state index in [1.807, 2.05) is 20.8 Å². The van der Waals surface area contributed by atoms with Gasteiger partial charge < -0.3 is 10.1 Å². The maximum atomic E-state index is 10.9. The van der Waals surface area contributed by atoms with E-state index in [0.29, 0.717) is 6.29 Å². The summed E-state index contributed by atoms with van der Waals surface area (Å²) in [6.07, 6.45) is -0.683. The second-order valence-corrected chi connectivity index (χ2v) is 3.62. The number of amides is 1. The van der Waals surface area contributed by atoms with Gasteiger partial charge in [-0.3, -0.25) is 4.79 Å². The van der Waals surface area contributed by atoms with Crippen molar-refractivity contribution in [1.29, 1.82) is 0 Å². The lowest BCUT2D eigenvalue weighted by Gasteiger charge is -2.20. The van der Waals surface area contributed by atoms with E-state index in [1.54, 1.807) is 0 Å². The summed E-state index contributed by atoms with van der Waals surface area (Å²) in [5.74, 6) is 0. The predicted octanol–water partition coefficient (Wildman–Crippen LogP) is 1.10. The highest BCUT2D eigenvalue weighted by Gasteiger charge is 2.16. The molecule has 1 atom stereocenters. The first-order valence-electron chi connectivity index (χ1n) is 3.79. The minimum atomic E-state index is -0.688. The third-order valence-corrected chi connectivity index (χ3v) is 0.962. The molecule has 0 fully saturated rings. The molecule has 0 aliphatic heterocycles. The van der Waals surface area contributed by atoms with Crippen LogP contribution in [0, 0.1) is 0 Å². The summed E-state index contributed by atoms with van der Waals surface area (Å²) in [5.41, 5.74) is -0.334. The number of aldehydes is 1. The van der Waals surface area contributed by atoms with Gasteiger partial charge in [-0.1, -0.05) is 0 Å². The fourth-order valence-electron chi connectivity index (χ4n) is 0.532. The molecule has 4 heteroatoms. The first kappa shape index (κ1) is 10.9. The molecule has 0 saturated carbocycles. The average molecular weight is 173 g/mol. The normalized spacial score (nSPS) is 13.3. The first-order valence-corrected chi connectivity index (χ1v) is 3.79. The van der Waals surface area contributed by atoms with E-state index in [4.69, 9.17) is 0 Å². The molecule has 0 aromatic rings. The van der Waals surface area contributed by atoms with Crippen molar-refractivity contribution in [3.05, 3.63) is 0 Å². The van der Waals surface area contributed by atoms with Crippen molar-refractivity contribution < 1.29 is 14.3 Å². The van der Waals surface area contributed by atoms with Crippen LogP contribution in [-0.2, 0) is 9.53 Å². The fourth-order valence-corrected chi connectivity index (χ4v) is 0.532. The van der Waals surface area contributed by atoms with E-state index in [1.165, 1.54) is 6.92 Å². The Labute approximate surface area is 72.3 Å². The Bertz CT molecular complexity index is 172. The number of nitrogens with one attached hydrogen (secondary N) is 1. The molecule has 1 amide bonds. The number of alkyl carbamates (subject to hydrolysis) is 1. The zero-order valence-corrected chi connectivity index (χ0v) is 7.88. The molecule has 0 spiro atoms. The second-order valence-electron chi connectivity index (χ2n) is 3.62. The number of carbonyl (C=O) groups is 2. The van der Waals surface area contributed by atoms with Crippen molar-refractivity contribution in [3.63, 3.8) is 0 Å². The van der Waals surface area contributed by atoms with Crippen LogP contribution in [0.2, 0.25) is 0 Å². The van der Waals surface area contributed by atoms with Gasteiger partial charge >= 0.3 is 6.09 Å². The SMILES string of the molecule is C[C@@H](C=O)OC(=O)NC(C)(C)C. The van der Waals surface area contributed by atoms with E-state index >= 15 is 0 Å². The second kappa shape index (κ2) is 4.09. The largest absolute Gasteiger partial charge is 0.439 e. The monoisotopic (exact) mass is 173 g/mol. The van der Waals surface area contributed by atoms with Crippen LogP contribution in [0.25, 0.3) is 0 Å². The molecule has 0 bridgehead atoms. The van der Waals surface area contributed by atoms with E-state index in [2.05, 4.69) is 10.1 Å². The smallest absolute Gasteiger partial charge is 0.408 e. The Balaban J connectivity index is 3.82. The Kier molecular flexibility index (Phi) is 3.73. The number of hydrogen-bond acceptors (Lipinski definition) is 3. The van der Waals surface area contributed by atoms with Gasteiger partial charge in [0, 0.05) is 5.54 Å². The summed E-state index contributed by atoms with van der Waals surface area (Å²) in [5, 5.41) is 2.56. The molecular weight excluding hydrogens is 158 g/mol. The summed E-state index contributed by atoms with van der Waals surface area (Å²) in [6.45, 7) is 7.01. The van der Waals surface area contributed by atoms with Crippen molar-refractivity contribution in [2.45, 2.75) is 39.3 Å². The molecule has 1 N–H and O–H groups in total. The quantitative estimate of drug-likeness (QED) is 0.636. The highest BCUT2D eigenvalue weighted by Crippen LogP contribution is 1.99. The fraction of sp³-hybridized carbons (Fsp3) is 0.750. The average Bonchev–Trinajstić information content (AvgIpc) is 1.82. The third kappa shape index (κ3) is 5.70. The number of rotatable bonds is 2. The van der Waals surface area contributed by atoms with Crippen LogP contribution in [0.3, 0.4) is 0 Å². The maximum absolute atomic E-state index is 10.9. The van der Waals surface area contributed by atoms with Crippen molar-refractivity contribution in [2.75, 3.05) is 0 Å². The highest BCUT2D eigenvalue weighted by atomic mass is 16.6. The van der Waals surface area contributed by atoms with Crippen LogP contribution < -0.4 is 5.32 Å². The van der Waals surface area contributed by atoms with Crippen LogP contribution in [-0.4, -0.2) is 24.0 Å². The molecule has 0 aromatic carbocycles. The maximum Gasteiger partial charge on any atom is 0.408 e. The molecule has 0 aliphatic carbocycles. The van der Waals surface area contributed by atoms with Crippen molar-refractivity contribution in [2.24, 2.45) is 0 Å². The molecule has 12 heavy (non-hydrogen) atoms. The van der Waals surface area contributed by atoms with Crippen molar-refractivity contribution in [3.8, 4) is 0 Å². The van der Waals surface area contributed by atoms with Gasteiger partial charge in [0.2, 0.25) is 0 Å². The lowest BCUT2D eigenvalue weighted by Crippen LogP contribution is -2.42. The summed E-state index contributed by atoms with van der Waals surface area (Å²) in [4.78, 5) is 21.0. The Morgan fingerprint density at radius 3 is 2.33 bits per heavy atom. The van der Waals surface area contributed by atoms with Gasteiger partial charge in [0.15, 0.2) is 12.4 Å². The van der Waals surface area contributed by atoms with Crippen LogP contribution in [0.4, 0.5) is 4.79 Å². The van der Waals surface area contributed by atoms with Gasteiger partial charge in [0.25, 0.3) is 0 Å². The van der Waals surface area contributed by atoms with Gasteiger partial charge in [0.1, 0.15) is 0 Å². The standard InChI is InChI=1S/C8H15NO3/c1-6(5-10)12-7(11)9-8(2,3)4/h5-6H,1-4H3,(H,9,11)/t6-/m0/s1. The van der Waals surface area contributed by atoms with Crippen LogP contribution >= 0.6 is 0 Å². The van der Waals surface area contributed by atoms with E-state index in [9.17, 15) is 9.59 Å². The summed E-state index contributed by atoms with van der Waals surface area (Å²) in [7, 11) is 0. The predicted molar refractivity (Wildman–Crippen MR) is 44.9 cm³/mol. The molecule has 0 unspecified atom stereocenters. The van der Waals surface area contributed by atoms with E-state index < -0.39 is 12.2 Å². The lowest BCUT2D eigenvalue weighted by atomic mass is 10.1. The van der Waals surface area contributed by atoms with Gasteiger partial charge in [0.05, 0.1) is 0 Å². The Morgan fingerprint density at radius 2 is 2.00 bits per heavy atom. The van der Waals surface area contributed by atoms with E-state index in [0.717, 1.165) is 0 Å². The molecule has 0 radical (unpaired) electrons. The first-order chi connectivity index (χ1) is 5.35. The summed E-state index contributed by atoms with van der Waals surface area (Å²) < 4.78 is 4.66. The zero-order valence-electron chi connectivity index (χ0n) is 7.88. The number of hydrogen-bond donors (Lipinski definition) is 1. The van der Waals surface area contributed by atoms with Crippen LogP contribution in [0.1, 0.15) is 27.7 Å². The van der Waals surface area contributed by atoms with Gasteiger partial charge in [-0.2, -0.15) is 0 Å². The zero-order chi connectivity index (χ0) is 9.78. The topological polar surface area (TPSA) is 55.4 Å². The van der Waals surface area contributed by atoms with Crippen molar-refractivity contribution in [1.82, 2.24) is 5.32 Å². The van der Waals surface area contributed by atoms with Crippen LogP contribution in [0.5, 0.6) is 0 Å². The van der Waals surface area contributed by atoms with Crippen molar-refractivity contribution >= 4 is 12.4 Å². The summed E-state index contributed by atoms with van der Waals surface area (Å²) >= 11 is 0. The molecule has 0 aromatic heterocycles. The minimum absolute atomic E-state index is 0.334. The Hall–Kier alpha value is -1.06. The highest BCUT2D eigenvalue weighted by molar-refractivity contribution is 5.71. The Morgan fingerprint density at radius 1 is 1.50 bits per heavy atom.